The molecule has 2 aromatic rings. The maximum atomic E-state index is 13.8. The van der Waals surface area contributed by atoms with E-state index in [0.29, 0.717) is 21.4 Å². The lowest BCUT2D eigenvalue weighted by Crippen LogP contribution is -2.15. The van der Waals surface area contributed by atoms with Crippen LogP contribution in [0.1, 0.15) is 11.1 Å². The Morgan fingerprint density at radius 1 is 1.14 bits per heavy atom. The first-order chi connectivity index (χ1) is 9.70. The van der Waals surface area contributed by atoms with Crippen molar-refractivity contribution in [3.63, 3.8) is 0 Å². The molecule has 3 N–H and O–H groups in total. The monoisotopic (exact) mass is 372 g/mol. The van der Waals surface area contributed by atoms with Gasteiger partial charge in [-0.2, -0.15) is 0 Å². The predicted octanol–water partition coefficient (Wildman–Crippen LogP) is 3.59. The molecule has 7 heteroatoms. The highest BCUT2D eigenvalue weighted by Crippen LogP contribution is 2.26. The Labute approximate surface area is 131 Å². The van der Waals surface area contributed by atoms with E-state index in [1.807, 2.05) is 6.92 Å². The lowest BCUT2D eigenvalue weighted by molar-refractivity contribution is 0.570. The molecule has 0 unspecified atom stereocenters. The van der Waals surface area contributed by atoms with Crippen LogP contribution in [0.15, 0.2) is 39.7 Å². The Balaban J connectivity index is 2.45. The topological polar surface area (TPSA) is 72.2 Å². The molecular weight excluding hydrogens is 359 g/mol. The molecule has 0 aliphatic carbocycles. The normalized spacial score (nSPS) is 11.4. The molecule has 4 nitrogen and oxygen atoms in total. The number of nitrogens with two attached hydrogens (primary N) is 1. The summed E-state index contributed by atoms with van der Waals surface area (Å²) in [5.41, 5.74) is 8.15. The van der Waals surface area contributed by atoms with Crippen LogP contribution in [0, 0.1) is 19.7 Å². The molecule has 0 amide bonds. The summed E-state index contributed by atoms with van der Waals surface area (Å²) >= 11 is 3.09. The van der Waals surface area contributed by atoms with Crippen LogP contribution < -0.4 is 10.5 Å². The third-order valence-corrected chi connectivity index (χ3v) is 4.93. The van der Waals surface area contributed by atoms with Gasteiger partial charge in [0.15, 0.2) is 0 Å². The zero-order chi connectivity index (χ0) is 15.8. The molecule has 0 bridgehead atoms. The number of anilines is 2. The average Bonchev–Trinajstić information content (AvgIpc) is 2.35. The first-order valence-corrected chi connectivity index (χ1v) is 8.33. The van der Waals surface area contributed by atoms with Crippen molar-refractivity contribution >= 4 is 37.3 Å². The zero-order valence-corrected chi connectivity index (χ0v) is 13.8. The van der Waals surface area contributed by atoms with E-state index in [1.54, 1.807) is 13.0 Å². The number of aryl methyl sites for hydroxylation is 2. The number of benzene rings is 2. The molecule has 0 radical (unpaired) electrons. The number of nitrogen functional groups attached to an aromatic ring is 1. The number of hydrogen-bond acceptors (Lipinski definition) is 3. The summed E-state index contributed by atoms with van der Waals surface area (Å²) in [6.07, 6.45) is 0. The van der Waals surface area contributed by atoms with Crippen molar-refractivity contribution < 1.29 is 12.8 Å². The second kappa shape index (κ2) is 5.65. The fourth-order valence-electron chi connectivity index (χ4n) is 1.87. The molecule has 0 aliphatic rings. The Bertz CT molecular complexity index is 807. The summed E-state index contributed by atoms with van der Waals surface area (Å²) in [7, 11) is -4.01. The first-order valence-electron chi connectivity index (χ1n) is 6.05. The van der Waals surface area contributed by atoms with E-state index < -0.39 is 20.7 Å². The van der Waals surface area contributed by atoms with Crippen LogP contribution >= 0.6 is 15.9 Å². The lowest BCUT2D eigenvalue weighted by Gasteiger charge is -2.13. The van der Waals surface area contributed by atoms with E-state index in [0.717, 1.165) is 11.6 Å². The zero-order valence-electron chi connectivity index (χ0n) is 11.4. The largest absolute Gasteiger partial charge is 0.398 e. The van der Waals surface area contributed by atoms with Crippen LogP contribution in [0.5, 0.6) is 0 Å². The van der Waals surface area contributed by atoms with Crippen LogP contribution in [0.25, 0.3) is 0 Å². The van der Waals surface area contributed by atoms with E-state index in [1.165, 1.54) is 18.2 Å². The third kappa shape index (κ3) is 3.36. The minimum absolute atomic E-state index is 0.334. The van der Waals surface area contributed by atoms with Crippen LogP contribution in [0.4, 0.5) is 15.8 Å². The molecule has 0 heterocycles. The SMILES string of the molecule is Cc1cc(C)c(NS(=O)(=O)c2ccc(Br)cc2F)cc1N. The molecule has 0 saturated carbocycles. The molecule has 112 valence electrons. The first kappa shape index (κ1) is 15.8. The summed E-state index contributed by atoms with van der Waals surface area (Å²) < 4.78 is 41.2. The van der Waals surface area contributed by atoms with Gasteiger partial charge in [-0.1, -0.05) is 22.0 Å². The highest BCUT2D eigenvalue weighted by molar-refractivity contribution is 9.10. The summed E-state index contributed by atoms with van der Waals surface area (Å²) in [4.78, 5) is -0.413. The summed E-state index contributed by atoms with van der Waals surface area (Å²) in [6.45, 7) is 3.58. The van der Waals surface area contributed by atoms with Gasteiger partial charge in [-0.15, -0.1) is 0 Å². The molecule has 0 atom stereocenters. The predicted molar refractivity (Wildman–Crippen MR) is 85.2 cm³/mol. The van der Waals surface area contributed by atoms with Gasteiger partial charge in [-0.05, 0) is 49.2 Å². The van der Waals surface area contributed by atoms with Gasteiger partial charge in [0, 0.05) is 10.2 Å². The van der Waals surface area contributed by atoms with Gasteiger partial charge in [0.25, 0.3) is 10.0 Å². The molecule has 0 aliphatic heterocycles. The summed E-state index contributed by atoms with van der Waals surface area (Å²) in [5, 5.41) is 0. The van der Waals surface area contributed by atoms with Gasteiger partial charge in [-0.3, -0.25) is 4.72 Å². The molecule has 21 heavy (non-hydrogen) atoms. The van der Waals surface area contributed by atoms with E-state index >= 15 is 0 Å². The molecule has 2 rings (SSSR count). The molecule has 0 saturated heterocycles. The van der Waals surface area contributed by atoms with Gasteiger partial charge in [0.1, 0.15) is 10.7 Å². The average molecular weight is 373 g/mol. The fourth-order valence-corrected chi connectivity index (χ4v) is 3.39. The Hall–Kier alpha value is -1.60. The molecule has 0 aromatic heterocycles. The Morgan fingerprint density at radius 3 is 2.43 bits per heavy atom. The number of hydrogen-bond donors (Lipinski definition) is 2. The lowest BCUT2D eigenvalue weighted by atomic mass is 10.1. The minimum Gasteiger partial charge on any atom is -0.398 e. The number of sulfonamides is 1. The van der Waals surface area contributed by atoms with Gasteiger partial charge in [0.05, 0.1) is 5.69 Å². The minimum atomic E-state index is -4.01. The van der Waals surface area contributed by atoms with Crippen molar-refractivity contribution in [2.75, 3.05) is 10.5 Å². The van der Waals surface area contributed by atoms with Crippen LogP contribution in [-0.2, 0) is 10.0 Å². The van der Waals surface area contributed by atoms with Crippen LogP contribution in [0.3, 0.4) is 0 Å². The van der Waals surface area contributed by atoms with Gasteiger partial charge in [-0.25, -0.2) is 12.8 Å². The van der Waals surface area contributed by atoms with Crippen molar-refractivity contribution in [3.05, 3.63) is 51.7 Å². The smallest absolute Gasteiger partial charge is 0.264 e. The Kier molecular flexibility index (Phi) is 4.25. The van der Waals surface area contributed by atoms with E-state index in [4.69, 9.17) is 5.73 Å². The maximum absolute atomic E-state index is 13.8. The van der Waals surface area contributed by atoms with Crippen molar-refractivity contribution in [2.24, 2.45) is 0 Å². The number of halogens is 2. The number of rotatable bonds is 3. The molecule has 0 spiro atoms. The van der Waals surface area contributed by atoms with Crippen LogP contribution in [-0.4, -0.2) is 8.42 Å². The van der Waals surface area contributed by atoms with Crippen molar-refractivity contribution in [1.29, 1.82) is 0 Å². The fraction of sp³-hybridized carbons (Fsp3) is 0.143. The van der Waals surface area contributed by atoms with Crippen molar-refractivity contribution in [1.82, 2.24) is 0 Å². The summed E-state index contributed by atoms with van der Waals surface area (Å²) in [5.74, 6) is -0.824. The van der Waals surface area contributed by atoms with Crippen molar-refractivity contribution in [3.8, 4) is 0 Å². The summed E-state index contributed by atoms with van der Waals surface area (Å²) in [6, 6.07) is 7.07. The van der Waals surface area contributed by atoms with Crippen molar-refractivity contribution in [2.45, 2.75) is 18.7 Å². The van der Waals surface area contributed by atoms with Gasteiger partial charge >= 0.3 is 0 Å². The highest BCUT2D eigenvalue weighted by atomic mass is 79.9. The molecule has 2 aromatic carbocycles. The van der Waals surface area contributed by atoms with Gasteiger partial charge in [0.2, 0.25) is 0 Å². The quantitative estimate of drug-likeness (QED) is 0.808. The Morgan fingerprint density at radius 2 is 1.81 bits per heavy atom. The highest BCUT2D eigenvalue weighted by Gasteiger charge is 2.20. The standard InChI is InChI=1S/C14H14BrFN2O2S/c1-8-5-9(2)13(7-12(8)17)18-21(19,20)14-4-3-10(15)6-11(14)16/h3-7,18H,17H2,1-2H3. The second-order valence-corrected chi connectivity index (χ2v) is 7.27. The number of nitrogens with one attached hydrogen (secondary N) is 1. The van der Waals surface area contributed by atoms with E-state index in [2.05, 4.69) is 20.7 Å². The molecular formula is C14H14BrFN2O2S. The maximum Gasteiger partial charge on any atom is 0.264 e. The second-order valence-electron chi connectivity index (χ2n) is 4.70. The van der Waals surface area contributed by atoms with E-state index in [9.17, 15) is 12.8 Å². The van der Waals surface area contributed by atoms with Gasteiger partial charge < -0.3 is 5.73 Å². The molecule has 0 fully saturated rings. The third-order valence-electron chi connectivity index (χ3n) is 3.04. The van der Waals surface area contributed by atoms with Crippen LogP contribution in [0.2, 0.25) is 0 Å². The van der Waals surface area contributed by atoms with E-state index in [-0.39, 0.29) is 0 Å².